The number of carbonyl (C=O) groups is 2. The Balaban J connectivity index is 1.64. The summed E-state index contributed by atoms with van der Waals surface area (Å²) in [6, 6.07) is 12.7. The molecule has 0 spiro atoms. The lowest BCUT2D eigenvalue weighted by atomic mass is 9.82. The first-order valence-corrected chi connectivity index (χ1v) is 13.0. The van der Waals surface area contributed by atoms with Crippen molar-refractivity contribution in [1.29, 1.82) is 0 Å². The third-order valence-electron chi connectivity index (χ3n) is 6.88. The molecule has 2 heterocycles. The highest BCUT2D eigenvalue weighted by Crippen LogP contribution is 2.47. The second-order valence-electron chi connectivity index (χ2n) is 9.09. The molecule has 10 heteroatoms. The van der Waals surface area contributed by atoms with E-state index in [1.54, 1.807) is 12.0 Å². The van der Waals surface area contributed by atoms with E-state index < -0.39 is 24.0 Å². The van der Waals surface area contributed by atoms with Gasteiger partial charge >= 0.3 is 12.1 Å². The highest BCUT2D eigenvalue weighted by atomic mass is 35.5. The van der Waals surface area contributed by atoms with E-state index in [2.05, 4.69) is 4.90 Å². The van der Waals surface area contributed by atoms with E-state index in [0.29, 0.717) is 43.4 Å². The number of aliphatic carboxylic acids is 1. The number of carboxylic acid groups (broad SMARTS) is 1. The first-order valence-electron chi connectivity index (χ1n) is 12.4. The summed E-state index contributed by atoms with van der Waals surface area (Å²) in [5.74, 6) is 0.328. The third-order valence-corrected chi connectivity index (χ3v) is 7.03. The number of alkyl halides is 1. The van der Waals surface area contributed by atoms with E-state index >= 15 is 0 Å². The van der Waals surface area contributed by atoms with Gasteiger partial charge in [0, 0.05) is 38.1 Å². The fourth-order valence-electron chi connectivity index (χ4n) is 5.17. The monoisotopic (exact) mass is 532 g/mol. The van der Waals surface area contributed by atoms with Crippen LogP contribution in [0.4, 0.5) is 4.79 Å². The van der Waals surface area contributed by atoms with Crippen LogP contribution in [-0.2, 0) is 9.53 Å². The number of likely N-dealkylation sites (tertiary alicyclic amines) is 1. The van der Waals surface area contributed by atoms with Gasteiger partial charge in [-0.1, -0.05) is 25.1 Å². The second-order valence-corrected chi connectivity index (χ2v) is 9.46. The molecular formula is C27H33ClN2O7. The first-order chi connectivity index (χ1) is 18.0. The minimum atomic E-state index is -0.877. The molecule has 3 atom stereocenters. The summed E-state index contributed by atoms with van der Waals surface area (Å²) in [4.78, 5) is 29.1. The number of ether oxygens (including phenoxy) is 4. The van der Waals surface area contributed by atoms with Gasteiger partial charge in [-0.25, -0.2) is 4.79 Å². The summed E-state index contributed by atoms with van der Waals surface area (Å²) in [7, 11) is 1.60. The van der Waals surface area contributed by atoms with Gasteiger partial charge in [-0.2, -0.15) is 0 Å². The molecule has 0 saturated carbocycles. The fraction of sp³-hybridized carbons (Fsp3) is 0.481. The van der Waals surface area contributed by atoms with Gasteiger partial charge in [0.25, 0.3) is 0 Å². The zero-order valence-electron chi connectivity index (χ0n) is 21.1. The van der Waals surface area contributed by atoms with Crippen molar-refractivity contribution in [2.24, 2.45) is 5.92 Å². The second kappa shape index (κ2) is 12.4. The lowest BCUT2D eigenvalue weighted by Crippen LogP contribution is -2.40. The minimum absolute atomic E-state index is 0.145. The Morgan fingerprint density at radius 2 is 1.84 bits per heavy atom. The molecule has 2 aliphatic rings. The predicted molar refractivity (Wildman–Crippen MR) is 138 cm³/mol. The minimum Gasteiger partial charge on any atom is -0.497 e. The van der Waals surface area contributed by atoms with Crippen LogP contribution in [0.3, 0.4) is 0 Å². The number of rotatable bonds is 11. The summed E-state index contributed by atoms with van der Waals surface area (Å²) in [5, 5.41) is 10.4. The zero-order valence-corrected chi connectivity index (χ0v) is 21.9. The summed E-state index contributed by atoms with van der Waals surface area (Å²) >= 11 is 5.69. The zero-order chi connectivity index (χ0) is 26.4. The van der Waals surface area contributed by atoms with E-state index in [-0.39, 0.29) is 25.2 Å². The molecule has 1 amide bonds. The van der Waals surface area contributed by atoms with Gasteiger partial charge in [-0.15, -0.1) is 11.6 Å². The molecule has 2 aromatic rings. The molecule has 0 radical (unpaired) electrons. The molecule has 1 saturated heterocycles. The largest absolute Gasteiger partial charge is 0.497 e. The topological polar surface area (TPSA) is 97.8 Å². The molecule has 0 bridgehead atoms. The average molecular weight is 533 g/mol. The number of hydrogen-bond acceptors (Lipinski definition) is 7. The quantitative estimate of drug-likeness (QED) is 0.426. The van der Waals surface area contributed by atoms with Crippen LogP contribution >= 0.6 is 11.6 Å². The van der Waals surface area contributed by atoms with Crippen molar-refractivity contribution in [3.8, 4) is 17.2 Å². The predicted octanol–water partition coefficient (Wildman–Crippen LogP) is 4.35. The number of hydrogen-bond donors (Lipinski definition) is 1. The maximum Gasteiger partial charge on any atom is 0.409 e. The van der Waals surface area contributed by atoms with Crippen molar-refractivity contribution in [3.05, 3.63) is 53.6 Å². The van der Waals surface area contributed by atoms with Gasteiger partial charge in [-0.3, -0.25) is 9.69 Å². The molecule has 37 heavy (non-hydrogen) atoms. The highest BCUT2D eigenvalue weighted by molar-refractivity contribution is 6.18. The molecule has 0 aromatic heterocycles. The number of nitrogens with zero attached hydrogens (tertiary/aromatic N) is 2. The Hall–Kier alpha value is -3.17. The average Bonchev–Trinajstić information content (AvgIpc) is 3.54. The first kappa shape index (κ1) is 26.9. The maximum atomic E-state index is 12.7. The molecule has 9 nitrogen and oxygen atoms in total. The Labute approximate surface area is 221 Å². The van der Waals surface area contributed by atoms with Crippen molar-refractivity contribution in [2.45, 2.75) is 25.3 Å². The number of carboxylic acids is 1. The Morgan fingerprint density at radius 3 is 2.51 bits per heavy atom. The van der Waals surface area contributed by atoms with Gasteiger partial charge in [0.1, 0.15) is 12.4 Å². The van der Waals surface area contributed by atoms with E-state index in [1.807, 2.05) is 49.4 Å². The van der Waals surface area contributed by atoms with Gasteiger partial charge in [0.05, 0.1) is 18.9 Å². The lowest BCUT2D eigenvalue weighted by Gasteiger charge is -2.30. The van der Waals surface area contributed by atoms with Crippen molar-refractivity contribution >= 4 is 23.7 Å². The van der Waals surface area contributed by atoms with Crippen LogP contribution in [0.25, 0.3) is 0 Å². The van der Waals surface area contributed by atoms with Crippen LogP contribution < -0.4 is 14.2 Å². The maximum absolute atomic E-state index is 12.7. The summed E-state index contributed by atoms with van der Waals surface area (Å²) in [6.07, 6.45) is 0.361. The summed E-state index contributed by atoms with van der Waals surface area (Å²) < 4.78 is 21.6. The fourth-order valence-corrected chi connectivity index (χ4v) is 5.25. The molecular weight excluding hydrogens is 500 g/mol. The van der Waals surface area contributed by atoms with Crippen molar-refractivity contribution < 1.29 is 33.6 Å². The van der Waals surface area contributed by atoms with E-state index in [4.69, 9.17) is 30.5 Å². The number of methoxy groups -OCH3 is 1. The summed E-state index contributed by atoms with van der Waals surface area (Å²) in [6.45, 7) is 4.22. The Kier molecular flexibility index (Phi) is 9.00. The molecule has 4 rings (SSSR count). The van der Waals surface area contributed by atoms with Crippen molar-refractivity contribution in [2.75, 3.05) is 52.6 Å². The van der Waals surface area contributed by atoms with Crippen LogP contribution in [-0.4, -0.2) is 79.5 Å². The van der Waals surface area contributed by atoms with Crippen LogP contribution in [0.5, 0.6) is 17.2 Å². The molecule has 2 aromatic carbocycles. The highest BCUT2D eigenvalue weighted by Gasteiger charge is 2.47. The smallest absolute Gasteiger partial charge is 0.409 e. The van der Waals surface area contributed by atoms with Gasteiger partial charge in [0.15, 0.2) is 11.5 Å². The standard InChI is InChI=1S/C27H33ClN2O7/c1-3-11-29(27(33)35-14-10-28)12-13-30-16-21(19-6-9-22-23(15-19)37-17-36-22)24(26(31)32)25(30)18-4-7-20(34-2)8-5-18/h4-9,15,21,24-25H,3,10-14,16-17H2,1-2H3,(H,31,32). The number of halogens is 1. The van der Waals surface area contributed by atoms with Gasteiger partial charge in [0.2, 0.25) is 6.79 Å². The number of fused-ring (bicyclic) bond motifs is 1. The van der Waals surface area contributed by atoms with E-state index in [1.165, 1.54) is 0 Å². The molecule has 200 valence electrons. The van der Waals surface area contributed by atoms with Crippen LogP contribution in [0.15, 0.2) is 42.5 Å². The van der Waals surface area contributed by atoms with Gasteiger partial charge in [-0.05, 0) is 41.8 Å². The number of amides is 1. The lowest BCUT2D eigenvalue weighted by molar-refractivity contribution is -0.143. The number of carbonyl (C=O) groups excluding carboxylic acids is 1. The van der Waals surface area contributed by atoms with E-state index in [0.717, 1.165) is 17.5 Å². The molecule has 1 N–H and O–H groups in total. The number of benzene rings is 2. The van der Waals surface area contributed by atoms with Gasteiger partial charge < -0.3 is 29.0 Å². The van der Waals surface area contributed by atoms with Crippen molar-refractivity contribution in [3.63, 3.8) is 0 Å². The Bertz CT molecular complexity index is 1080. The van der Waals surface area contributed by atoms with Crippen LogP contribution in [0, 0.1) is 5.92 Å². The van der Waals surface area contributed by atoms with Crippen molar-refractivity contribution in [1.82, 2.24) is 9.80 Å². The molecule has 1 fully saturated rings. The van der Waals surface area contributed by atoms with Crippen LogP contribution in [0.2, 0.25) is 0 Å². The summed E-state index contributed by atoms with van der Waals surface area (Å²) in [5.41, 5.74) is 1.76. The third kappa shape index (κ3) is 6.05. The van der Waals surface area contributed by atoms with Crippen LogP contribution in [0.1, 0.15) is 36.4 Å². The normalized spacial score (nSPS) is 20.6. The molecule has 3 unspecified atom stereocenters. The van der Waals surface area contributed by atoms with E-state index in [9.17, 15) is 14.7 Å². The SMILES string of the molecule is CCCN(CCN1CC(c2ccc3c(c2)OCO3)C(C(=O)O)C1c1ccc(OC)cc1)C(=O)OCCCl. The molecule has 2 aliphatic heterocycles. The Morgan fingerprint density at radius 1 is 1.11 bits per heavy atom. The molecule has 0 aliphatic carbocycles.